The fourth-order valence-electron chi connectivity index (χ4n) is 1.41. The minimum absolute atomic E-state index is 0. The number of methoxy groups -OCH3 is 1. The van der Waals surface area contributed by atoms with E-state index in [9.17, 15) is 14.0 Å². The fraction of sp³-hybridized carbons (Fsp3) is 0.778. The molecule has 1 saturated heterocycles. The number of halogens is 2. The molecule has 0 aromatic carbocycles. The molecule has 94 valence electrons. The zero-order valence-electron chi connectivity index (χ0n) is 8.99. The quantitative estimate of drug-likeness (QED) is 0.681. The molecule has 0 aromatic rings. The van der Waals surface area contributed by atoms with Crippen LogP contribution in [-0.2, 0) is 14.3 Å². The average molecular weight is 255 g/mol. The molecular formula is C9H16ClFN2O3. The van der Waals surface area contributed by atoms with Crippen LogP contribution >= 0.6 is 12.4 Å². The van der Waals surface area contributed by atoms with E-state index in [1.165, 1.54) is 7.11 Å². The zero-order chi connectivity index (χ0) is 11.3. The number of carbonyl (C=O) groups excluding carboxylic acids is 2. The minimum atomic E-state index is -0.957. The average Bonchev–Trinajstić information content (AvgIpc) is 2.64. The van der Waals surface area contributed by atoms with Gasteiger partial charge in [-0.2, -0.15) is 0 Å². The largest absolute Gasteiger partial charge is 0.469 e. The van der Waals surface area contributed by atoms with E-state index in [1.54, 1.807) is 0 Å². The standard InChI is InChI=1S/C9H15FN2O3.ClH/c1-15-8(13)2-3-11-9(14)7-4-6(10)5-12-7;/h6-7,12H,2-5H2,1H3,(H,11,14);1H/t6-,7+;/m0./s1. The molecule has 7 heteroatoms. The Labute approximate surface area is 99.5 Å². The normalized spacial score (nSPS) is 23.4. The third-order valence-electron chi connectivity index (χ3n) is 2.25. The van der Waals surface area contributed by atoms with E-state index in [-0.39, 0.29) is 50.2 Å². The molecule has 1 fully saturated rings. The van der Waals surface area contributed by atoms with Gasteiger partial charge in [-0.25, -0.2) is 4.39 Å². The van der Waals surface area contributed by atoms with Crippen molar-refractivity contribution in [1.29, 1.82) is 0 Å². The van der Waals surface area contributed by atoms with Gasteiger partial charge in [0.1, 0.15) is 6.17 Å². The van der Waals surface area contributed by atoms with E-state index >= 15 is 0 Å². The van der Waals surface area contributed by atoms with Gasteiger partial charge in [0.25, 0.3) is 0 Å². The topological polar surface area (TPSA) is 67.4 Å². The molecule has 16 heavy (non-hydrogen) atoms. The maximum absolute atomic E-state index is 12.7. The molecule has 0 bridgehead atoms. The molecular weight excluding hydrogens is 239 g/mol. The SMILES string of the molecule is COC(=O)CCNC(=O)[C@H]1C[C@H](F)CN1.Cl. The van der Waals surface area contributed by atoms with Crippen LogP contribution in [0.5, 0.6) is 0 Å². The van der Waals surface area contributed by atoms with Crippen LogP contribution in [0.3, 0.4) is 0 Å². The third-order valence-corrected chi connectivity index (χ3v) is 2.25. The van der Waals surface area contributed by atoms with E-state index in [4.69, 9.17) is 0 Å². The number of rotatable bonds is 4. The molecule has 1 heterocycles. The molecule has 2 atom stereocenters. The highest BCUT2D eigenvalue weighted by Crippen LogP contribution is 2.09. The van der Waals surface area contributed by atoms with Crippen LogP contribution in [0.2, 0.25) is 0 Å². The first kappa shape index (κ1) is 15.1. The second kappa shape index (κ2) is 7.40. The predicted octanol–water partition coefficient (Wildman–Crippen LogP) is -0.213. The van der Waals surface area contributed by atoms with Crippen molar-refractivity contribution >= 4 is 24.3 Å². The van der Waals surface area contributed by atoms with Crippen LogP contribution in [-0.4, -0.2) is 44.3 Å². The summed E-state index contributed by atoms with van der Waals surface area (Å²) in [6.45, 7) is 0.440. The molecule has 0 spiro atoms. The van der Waals surface area contributed by atoms with Crippen molar-refractivity contribution in [2.24, 2.45) is 0 Å². The summed E-state index contributed by atoms with van der Waals surface area (Å²) in [6.07, 6.45) is -0.626. The second-order valence-corrected chi connectivity index (χ2v) is 3.41. The van der Waals surface area contributed by atoms with Crippen LogP contribution in [0.1, 0.15) is 12.8 Å². The number of ether oxygens (including phenoxy) is 1. The molecule has 1 amide bonds. The number of alkyl halides is 1. The summed E-state index contributed by atoms with van der Waals surface area (Å²) >= 11 is 0. The Bertz CT molecular complexity index is 253. The molecule has 0 saturated carbocycles. The molecule has 2 N–H and O–H groups in total. The molecule has 1 rings (SSSR count). The smallest absolute Gasteiger partial charge is 0.307 e. The number of amides is 1. The van der Waals surface area contributed by atoms with Gasteiger partial charge in [-0.3, -0.25) is 9.59 Å². The molecule has 0 aromatic heterocycles. The summed E-state index contributed by atoms with van der Waals surface area (Å²) in [5.41, 5.74) is 0. The number of esters is 1. The maximum atomic E-state index is 12.7. The summed E-state index contributed by atoms with van der Waals surface area (Å²) < 4.78 is 17.1. The lowest BCUT2D eigenvalue weighted by atomic mass is 10.2. The summed E-state index contributed by atoms with van der Waals surface area (Å²) in [5.74, 6) is -0.642. The van der Waals surface area contributed by atoms with Gasteiger partial charge in [-0.1, -0.05) is 0 Å². The van der Waals surface area contributed by atoms with Crippen LogP contribution in [0.25, 0.3) is 0 Å². The van der Waals surface area contributed by atoms with Crippen molar-refractivity contribution in [3.8, 4) is 0 Å². The summed E-state index contributed by atoms with van der Waals surface area (Å²) in [6, 6.07) is -0.474. The highest BCUT2D eigenvalue weighted by atomic mass is 35.5. The monoisotopic (exact) mass is 254 g/mol. The second-order valence-electron chi connectivity index (χ2n) is 3.41. The Morgan fingerprint density at radius 1 is 1.56 bits per heavy atom. The van der Waals surface area contributed by atoms with Crippen LogP contribution < -0.4 is 10.6 Å². The number of hydrogen-bond donors (Lipinski definition) is 2. The van der Waals surface area contributed by atoms with Crippen molar-refractivity contribution in [3.63, 3.8) is 0 Å². The molecule has 1 aliphatic heterocycles. The highest BCUT2D eigenvalue weighted by Gasteiger charge is 2.28. The molecule has 5 nitrogen and oxygen atoms in total. The van der Waals surface area contributed by atoms with E-state index in [1.807, 2.05) is 0 Å². The maximum Gasteiger partial charge on any atom is 0.307 e. The first-order valence-electron chi connectivity index (χ1n) is 4.85. The van der Waals surface area contributed by atoms with Crippen molar-refractivity contribution in [2.45, 2.75) is 25.1 Å². The number of hydrogen-bond acceptors (Lipinski definition) is 4. The minimum Gasteiger partial charge on any atom is -0.469 e. The van der Waals surface area contributed by atoms with Gasteiger partial charge in [0.05, 0.1) is 19.6 Å². The Balaban J connectivity index is 0.00000225. The van der Waals surface area contributed by atoms with Crippen molar-refractivity contribution in [3.05, 3.63) is 0 Å². The highest BCUT2D eigenvalue weighted by molar-refractivity contribution is 5.85. The van der Waals surface area contributed by atoms with Gasteiger partial charge >= 0.3 is 5.97 Å². The van der Waals surface area contributed by atoms with Gasteiger partial charge in [0.15, 0.2) is 0 Å². The van der Waals surface area contributed by atoms with Crippen LogP contribution in [0.4, 0.5) is 4.39 Å². The first-order chi connectivity index (χ1) is 7.13. The lowest BCUT2D eigenvalue weighted by Gasteiger charge is -2.09. The Kier molecular flexibility index (Phi) is 7.00. The summed E-state index contributed by atoms with van der Waals surface area (Å²) in [7, 11) is 1.29. The van der Waals surface area contributed by atoms with E-state index in [0.717, 1.165) is 0 Å². The van der Waals surface area contributed by atoms with E-state index in [2.05, 4.69) is 15.4 Å². The van der Waals surface area contributed by atoms with E-state index in [0.29, 0.717) is 0 Å². The molecule has 1 aliphatic rings. The lowest BCUT2D eigenvalue weighted by Crippen LogP contribution is -2.41. The van der Waals surface area contributed by atoms with Crippen molar-refractivity contribution in [2.75, 3.05) is 20.2 Å². The van der Waals surface area contributed by atoms with Gasteiger partial charge in [0.2, 0.25) is 5.91 Å². The summed E-state index contributed by atoms with van der Waals surface area (Å²) in [5, 5.41) is 5.30. The van der Waals surface area contributed by atoms with E-state index < -0.39 is 12.2 Å². The fourth-order valence-corrected chi connectivity index (χ4v) is 1.41. The Morgan fingerprint density at radius 3 is 2.75 bits per heavy atom. The lowest BCUT2D eigenvalue weighted by molar-refractivity contribution is -0.140. The summed E-state index contributed by atoms with van der Waals surface area (Å²) in [4.78, 5) is 22.1. The van der Waals surface area contributed by atoms with Crippen molar-refractivity contribution < 1.29 is 18.7 Å². The van der Waals surface area contributed by atoms with Gasteiger partial charge in [-0.15, -0.1) is 12.4 Å². The number of carbonyl (C=O) groups is 2. The number of nitrogens with one attached hydrogen (secondary N) is 2. The van der Waals surface area contributed by atoms with Gasteiger partial charge in [-0.05, 0) is 0 Å². The van der Waals surface area contributed by atoms with Crippen LogP contribution in [0, 0.1) is 0 Å². The molecule has 0 unspecified atom stereocenters. The zero-order valence-corrected chi connectivity index (χ0v) is 9.81. The predicted molar refractivity (Wildman–Crippen MR) is 58.2 cm³/mol. The Hall–Kier alpha value is -0.880. The Morgan fingerprint density at radius 2 is 2.25 bits per heavy atom. The molecule has 0 aliphatic carbocycles. The van der Waals surface area contributed by atoms with Crippen molar-refractivity contribution in [1.82, 2.24) is 10.6 Å². The molecule has 0 radical (unpaired) electrons. The van der Waals surface area contributed by atoms with Gasteiger partial charge in [0, 0.05) is 19.5 Å². The third kappa shape index (κ3) is 4.76. The van der Waals surface area contributed by atoms with Crippen LogP contribution in [0.15, 0.2) is 0 Å². The van der Waals surface area contributed by atoms with Gasteiger partial charge < -0.3 is 15.4 Å². The first-order valence-corrected chi connectivity index (χ1v) is 4.85.